The molecule has 0 bridgehead atoms. The van der Waals surface area contributed by atoms with Gasteiger partial charge in [-0.05, 0) is 26.3 Å². The lowest BCUT2D eigenvalue weighted by Gasteiger charge is -2.33. The number of amides is 1. The first-order valence-electron chi connectivity index (χ1n) is 7.82. The Kier molecular flexibility index (Phi) is 4.24. The Morgan fingerprint density at radius 2 is 2.08 bits per heavy atom. The molecule has 0 saturated carbocycles. The summed E-state index contributed by atoms with van der Waals surface area (Å²) in [4.78, 5) is 25.2. The lowest BCUT2D eigenvalue weighted by molar-refractivity contribution is -0.172. The molecule has 0 radical (unpaired) electrons. The maximum atomic E-state index is 13.2. The van der Waals surface area contributed by atoms with E-state index in [4.69, 9.17) is 5.11 Å². The van der Waals surface area contributed by atoms with Crippen molar-refractivity contribution in [3.63, 3.8) is 0 Å². The first kappa shape index (κ1) is 18.0. The SMILES string of the molecule is Cc1cc2n(n1)C(C(F)(F)F)CCN2C(=O)c1ccnn1C(C)C(=O)O. The van der Waals surface area contributed by atoms with E-state index in [1.165, 1.54) is 37.1 Å². The zero-order valence-electron chi connectivity index (χ0n) is 13.9. The molecule has 140 valence electrons. The topological polar surface area (TPSA) is 93.3 Å². The fraction of sp³-hybridized carbons (Fsp3) is 0.467. The number of fused-ring (bicyclic) bond motifs is 1. The second kappa shape index (κ2) is 6.15. The molecular weight excluding hydrogens is 355 g/mol. The van der Waals surface area contributed by atoms with Gasteiger partial charge in [-0.15, -0.1) is 0 Å². The van der Waals surface area contributed by atoms with Crippen LogP contribution in [0.15, 0.2) is 18.3 Å². The highest BCUT2D eigenvalue weighted by molar-refractivity contribution is 6.05. The lowest BCUT2D eigenvalue weighted by atomic mass is 10.1. The van der Waals surface area contributed by atoms with Crippen LogP contribution in [-0.4, -0.2) is 49.3 Å². The van der Waals surface area contributed by atoms with Crippen molar-refractivity contribution < 1.29 is 27.9 Å². The van der Waals surface area contributed by atoms with E-state index in [1.807, 2.05) is 0 Å². The Morgan fingerprint density at radius 1 is 1.38 bits per heavy atom. The summed E-state index contributed by atoms with van der Waals surface area (Å²) < 4.78 is 41.6. The fourth-order valence-corrected chi connectivity index (χ4v) is 2.97. The van der Waals surface area contributed by atoms with Crippen LogP contribution in [0.2, 0.25) is 0 Å². The van der Waals surface area contributed by atoms with E-state index in [-0.39, 0.29) is 24.5 Å². The van der Waals surface area contributed by atoms with E-state index in [0.717, 1.165) is 9.36 Å². The van der Waals surface area contributed by atoms with Crippen LogP contribution in [0.3, 0.4) is 0 Å². The minimum absolute atomic E-state index is 0.0178. The summed E-state index contributed by atoms with van der Waals surface area (Å²) in [5.74, 6) is -1.78. The number of carboxylic acid groups (broad SMARTS) is 1. The summed E-state index contributed by atoms with van der Waals surface area (Å²) >= 11 is 0. The van der Waals surface area contributed by atoms with Crippen LogP contribution < -0.4 is 4.90 Å². The van der Waals surface area contributed by atoms with Crippen molar-refractivity contribution in [3.05, 3.63) is 29.7 Å². The largest absolute Gasteiger partial charge is 0.480 e. The van der Waals surface area contributed by atoms with Crippen LogP contribution >= 0.6 is 0 Å². The van der Waals surface area contributed by atoms with Crippen LogP contribution in [-0.2, 0) is 4.79 Å². The van der Waals surface area contributed by atoms with Gasteiger partial charge < -0.3 is 5.11 Å². The lowest BCUT2D eigenvalue weighted by Crippen LogP contribution is -2.44. The van der Waals surface area contributed by atoms with Crippen LogP contribution in [0.1, 0.15) is 41.6 Å². The molecule has 0 saturated heterocycles. The summed E-state index contributed by atoms with van der Waals surface area (Å²) in [7, 11) is 0. The van der Waals surface area contributed by atoms with Gasteiger partial charge in [0.05, 0.1) is 5.69 Å². The number of hydrogen-bond donors (Lipinski definition) is 1. The highest BCUT2D eigenvalue weighted by Crippen LogP contribution is 2.39. The Hall–Kier alpha value is -2.85. The third-order valence-electron chi connectivity index (χ3n) is 4.27. The average molecular weight is 371 g/mol. The Bertz CT molecular complexity index is 857. The van der Waals surface area contributed by atoms with Crippen LogP contribution in [0, 0.1) is 6.92 Å². The van der Waals surface area contributed by atoms with Gasteiger partial charge in [-0.3, -0.25) is 9.69 Å². The van der Waals surface area contributed by atoms with Gasteiger partial charge in [0.15, 0.2) is 6.04 Å². The first-order chi connectivity index (χ1) is 12.1. The normalized spacial score (nSPS) is 18.5. The third kappa shape index (κ3) is 2.93. The van der Waals surface area contributed by atoms with Gasteiger partial charge in [0, 0.05) is 18.8 Å². The van der Waals surface area contributed by atoms with Gasteiger partial charge in [0.1, 0.15) is 17.6 Å². The zero-order valence-corrected chi connectivity index (χ0v) is 13.9. The molecule has 1 aliphatic heterocycles. The van der Waals surface area contributed by atoms with Gasteiger partial charge in [-0.2, -0.15) is 23.4 Å². The number of rotatable bonds is 3. The standard InChI is InChI=1S/C15H16F3N5O3/c1-8-7-12-21(6-4-11(15(16,17)18)23(12)20-8)13(24)10-3-5-19-22(10)9(2)14(25)26/h3,5,7,9,11H,4,6H2,1-2H3,(H,25,26). The first-order valence-corrected chi connectivity index (χ1v) is 7.82. The Balaban J connectivity index is 1.99. The van der Waals surface area contributed by atoms with Gasteiger partial charge >= 0.3 is 12.1 Å². The number of carboxylic acids is 1. The molecule has 0 aromatic carbocycles. The maximum Gasteiger partial charge on any atom is 0.410 e. The maximum absolute atomic E-state index is 13.2. The molecule has 2 aromatic rings. The highest BCUT2D eigenvalue weighted by Gasteiger charge is 2.46. The van der Waals surface area contributed by atoms with Crippen molar-refractivity contribution in [1.29, 1.82) is 0 Å². The summed E-state index contributed by atoms with van der Waals surface area (Å²) in [6, 6.07) is -0.163. The molecule has 11 heteroatoms. The number of aromatic nitrogens is 4. The predicted molar refractivity (Wildman–Crippen MR) is 82.9 cm³/mol. The smallest absolute Gasteiger partial charge is 0.410 e. The minimum Gasteiger partial charge on any atom is -0.480 e. The average Bonchev–Trinajstić information content (AvgIpc) is 3.16. The van der Waals surface area contributed by atoms with E-state index in [1.54, 1.807) is 0 Å². The number of nitrogens with zero attached hydrogens (tertiary/aromatic N) is 5. The van der Waals surface area contributed by atoms with E-state index < -0.39 is 30.1 Å². The third-order valence-corrected chi connectivity index (χ3v) is 4.27. The van der Waals surface area contributed by atoms with Gasteiger partial charge in [0.25, 0.3) is 5.91 Å². The van der Waals surface area contributed by atoms with Crippen molar-refractivity contribution in [3.8, 4) is 0 Å². The number of carbonyl (C=O) groups is 2. The Labute approximate surface area is 145 Å². The number of halogens is 3. The van der Waals surface area contributed by atoms with Crippen LogP contribution in [0.25, 0.3) is 0 Å². The molecule has 3 rings (SSSR count). The fourth-order valence-electron chi connectivity index (χ4n) is 2.97. The minimum atomic E-state index is -4.48. The quantitative estimate of drug-likeness (QED) is 0.893. The monoisotopic (exact) mass is 371 g/mol. The molecule has 1 aliphatic rings. The molecule has 26 heavy (non-hydrogen) atoms. The molecule has 2 unspecified atom stereocenters. The van der Waals surface area contributed by atoms with Crippen molar-refractivity contribution in [2.45, 2.75) is 38.5 Å². The summed E-state index contributed by atoms with van der Waals surface area (Å²) in [6.45, 7) is 2.73. The molecule has 1 amide bonds. The number of alkyl halides is 3. The molecular formula is C15H16F3N5O3. The highest BCUT2D eigenvalue weighted by atomic mass is 19.4. The molecule has 3 heterocycles. The number of anilines is 1. The number of hydrogen-bond acceptors (Lipinski definition) is 4. The predicted octanol–water partition coefficient (Wildman–Crippen LogP) is 2.19. The molecule has 1 N–H and O–H groups in total. The van der Waals surface area contributed by atoms with Gasteiger partial charge in [-0.1, -0.05) is 0 Å². The van der Waals surface area contributed by atoms with Gasteiger partial charge in [-0.25, -0.2) is 14.2 Å². The molecule has 8 nitrogen and oxygen atoms in total. The van der Waals surface area contributed by atoms with E-state index in [2.05, 4.69) is 10.2 Å². The van der Waals surface area contributed by atoms with Crippen molar-refractivity contribution >= 4 is 17.7 Å². The number of carbonyl (C=O) groups excluding carboxylic acids is 1. The summed E-state index contributed by atoms with van der Waals surface area (Å²) in [6.07, 6.45) is -3.55. The Morgan fingerprint density at radius 3 is 2.69 bits per heavy atom. The van der Waals surface area contributed by atoms with Crippen LogP contribution in [0.5, 0.6) is 0 Å². The van der Waals surface area contributed by atoms with Crippen molar-refractivity contribution in [2.75, 3.05) is 11.4 Å². The van der Waals surface area contributed by atoms with E-state index in [9.17, 15) is 22.8 Å². The van der Waals surface area contributed by atoms with Crippen LogP contribution in [0.4, 0.5) is 19.0 Å². The molecule has 2 atom stereocenters. The number of aliphatic carboxylic acids is 1. The van der Waals surface area contributed by atoms with Crippen molar-refractivity contribution in [2.24, 2.45) is 0 Å². The summed E-state index contributed by atoms with van der Waals surface area (Å²) in [5.41, 5.74) is 0.331. The molecule has 0 fully saturated rings. The second-order valence-corrected chi connectivity index (χ2v) is 6.07. The zero-order chi connectivity index (χ0) is 19.2. The molecule has 0 spiro atoms. The summed E-state index contributed by atoms with van der Waals surface area (Å²) in [5, 5.41) is 16.9. The molecule has 2 aromatic heterocycles. The van der Waals surface area contributed by atoms with E-state index in [0.29, 0.717) is 5.69 Å². The van der Waals surface area contributed by atoms with Crippen molar-refractivity contribution in [1.82, 2.24) is 19.6 Å². The molecule has 0 aliphatic carbocycles. The van der Waals surface area contributed by atoms with Gasteiger partial charge in [0.2, 0.25) is 0 Å². The number of aryl methyl sites for hydroxylation is 1. The van der Waals surface area contributed by atoms with E-state index >= 15 is 0 Å². The second-order valence-electron chi connectivity index (χ2n) is 6.07.